The van der Waals surface area contributed by atoms with Crippen molar-refractivity contribution in [2.24, 2.45) is 29.6 Å². The van der Waals surface area contributed by atoms with Crippen molar-refractivity contribution in [3.05, 3.63) is 0 Å². The van der Waals surface area contributed by atoms with Crippen LogP contribution in [0.25, 0.3) is 0 Å². The van der Waals surface area contributed by atoms with E-state index < -0.39 is 84.4 Å². The van der Waals surface area contributed by atoms with Crippen molar-refractivity contribution >= 4 is 5.97 Å². The summed E-state index contributed by atoms with van der Waals surface area (Å²) in [5, 5.41) is 39.2. The van der Waals surface area contributed by atoms with E-state index >= 15 is 0 Å². The first kappa shape index (κ1) is 48.6. The van der Waals surface area contributed by atoms with Gasteiger partial charge in [-0.3, -0.25) is 10.1 Å². The van der Waals surface area contributed by atoms with Gasteiger partial charge in [0.15, 0.2) is 12.6 Å². The van der Waals surface area contributed by atoms with Gasteiger partial charge in [-0.25, -0.2) is 0 Å². The molecule has 4 heterocycles. The van der Waals surface area contributed by atoms with Crippen LogP contribution in [0.4, 0.5) is 0 Å². The van der Waals surface area contributed by atoms with Crippen molar-refractivity contribution < 1.29 is 62.7 Å². The lowest BCUT2D eigenvalue weighted by atomic mass is 9.72. The first-order valence-corrected chi connectivity index (χ1v) is 21.3. The van der Waals surface area contributed by atoms with E-state index in [1.165, 1.54) is 0 Å². The molecule has 4 rings (SSSR count). The van der Waals surface area contributed by atoms with Crippen molar-refractivity contribution in [3.8, 4) is 0 Å². The number of nitrogens with zero attached hydrogens (tertiary/aromatic N) is 1. The van der Waals surface area contributed by atoms with E-state index in [1.54, 1.807) is 41.9 Å². The number of nitrogens with one attached hydrogen (secondary N) is 1. The van der Waals surface area contributed by atoms with Crippen molar-refractivity contribution in [2.45, 2.75) is 186 Å². The SMILES string of the molecule is CCC1OC(=O)[C@H](C)C(O[C@H]2C[C@@](C)(OC)[C@@H](O)[C@H](C)O2)[C@H](C)[C@@H](O[C@@H]2O[C@H](C)C[C@H](N(C)C)[C@H]2O)[C@](C)(O)C[C@@H](C)[C@@H]2N[C@@H](COCCOC)O[C@H]([C@H]2C)[C@H]1C. The van der Waals surface area contributed by atoms with Crippen molar-refractivity contribution in [2.75, 3.05) is 48.1 Å². The average Bonchev–Trinajstić information content (AvgIpc) is 3.15. The van der Waals surface area contributed by atoms with Gasteiger partial charge in [0.2, 0.25) is 0 Å². The molecule has 2 unspecified atom stereocenters. The molecule has 4 saturated heterocycles. The van der Waals surface area contributed by atoms with E-state index in [0.717, 1.165) is 0 Å². The number of likely N-dealkylation sites (N-methyl/N-ethyl adjacent to an activating group) is 1. The molecule has 20 atom stereocenters. The molecular weight excluding hydrogens is 740 g/mol. The molecule has 0 aromatic heterocycles. The number of aliphatic hydroxyl groups is 3. The molecule has 15 nitrogen and oxygen atoms in total. The fourth-order valence-corrected chi connectivity index (χ4v) is 9.96. The summed E-state index contributed by atoms with van der Waals surface area (Å²) in [6.07, 6.45) is -6.32. The van der Waals surface area contributed by atoms with Gasteiger partial charge in [0.25, 0.3) is 0 Å². The van der Waals surface area contributed by atoms with E-state index in [9.17, 15) is 20.1 Å². The van der Waals surface area contributed by atoms with Crippen LogP contribution in [0.15, 0.2) is 0 Å². The molecule has 0 aromatic rings. The van der Waals surface area contributed by atoms with Gasteiger partial charge in [-0.05, 0) is 79.8 Å². The highest BCUT2D eigenvalue weighted by Gasteiger charge is 2.53. The Morgan fingerprint density at radius 2 is 1.60 bits per heavy atom. The number of carbonyl (C=O) groups is 1. The third kappa shape index (κ3) is 11.5. The highest BCUT2D eigenvalue weighted by Crippen LogP contribution is 2.42. The van der Waals surface area contributed by atoms with Crippen molar-refractivity contribution in [1.29, 1.82) is 0 Å². The normalized spacial score (nSPS) is 48.0. The van der Waals surface area contributed by atoms with Crippen molar-refractivity contribution in [1.82, 2.24) is 10.2 Å². The van der Waals surface area contributed by atoms with Crippen LogP contribution in [0.1, 0.15) is 94.9 Å². The second-order valence-corrected chi connectivity index (χ2v) is 18.3. The Labute approximate surface area is 342 Å². The van der Waals surface area contributed by atoms with Crippen LogP contribution in [0.2, 0.25) is 0 Å². The zero-order valence-corrected chi connectivity index (χ0v) is 37.2. The molecule has 15 heteroatoms. The molecule has 0 radical (unpaired) electrons. The maximum Gasteiger partial charge on any atom is 0.311 e. The summed E-state index contributed by atoms with van der Waals surface area (Å²) in [7, 11) is 6.99. The number of methoxy groups -OCH3 is 2. The molecule has 4 aliphatic heterocycles. The van der Waals surface area contributed by atoms with Gasteiger partial charge in [-0.1, -0.05) is 34.6 Å². The van der Waals surface area contributed by atoms with Crippen molar-refractivity contribution in [3.63, 3.8) is 0 Å². The van der Waals surface area contributed by atoms with Gasteiger partial charge in [-0.15, -0.1) is 0 Å². The highest BCUT2D eigenvalue weighted by molar-refractivity contribution is 5.73. The number of hydrogen-bond donors (Lipinski definition) is 4. The highest BCUT2D eigenvalue weighted by atomic mass is 16.7. The van der Waals surface area contributed by atoms with Crippen LogP contribution in [0.5, 0.6) is 0 Å². The number of fused-ring (bicyclic) bond motifs is 2. The fraction of sp³-hybridized carbons (Fsp3) is 0.976. The fourth-order valence-electron chi connectivity index (χ4n) is 9.96. The Morgan fingerprint density at radius 1 is 0.912 bits per heavy atom. The Bertz CT molecular complexity index is 1250. The Balaban J connectivity index is 1.80. The molecule has 0 saturated carbocycles. The number of ether oxygens (including phenoxy) is 9. The topological polar surface area (TPSA) is 176 Å². The lowest BCUT2D eigenvalue weighted by molar-refractivity contribution is -0.318. The van der Waals surface area contributed by atoms with E-state index in [-0.39, 0.29) is 61.5 Å². The van der Waals surface area contributed by atoms with Gasteiger partial charge >= 0.3 is 5.97 Å². The van der Waals surface area contributed by atoms with E-state index in [0.29, 0.717) is 26.1 Å². The molecule has 57 heavy (non-hydrogen) atoms. The minimum atomic E-state index is -1.54. The molecule has 4 N–H and O–H groups in total. The number of esters is 1. The second kappa shape index (κ2) is 20.7. The summed E-state index contributed by atoms with van der Waals surface area (Å²) < 4.78 is 56.2. The predicted octanol–water partition coefficient (Wildman–Crippen LogP) is 3.09. The second-order valence-electron chi connectivity index (χ2n) is 18.3. The number of carbonyl (C=O) groups excluding carboxylic acids is 1. The predicted molar refractivity (Wildman–Crippen MR) is 212 cm³/mol. The molecule has 4 fully saturated rings. The van der Waals surface area contributed by atoms with Gasteiger partial charge in [0, 0.05) is 44.6 Å². The lowest BCUT2D eigenvalue weighted by Crippen LogP contribution is -2.63. The van der Waals surface area contributed by atoms with Gasteiger partial charge in [0.05, 0.1) is 67.5 Å². The Kier molecular flexibility index (Phi) is 17.6. The summed E-state index contributed by atoms with van der Waals surface area (Å²) in [6, 6.07) is -0.385. The Morgan fingerprint density at radius 3 is 2.21 bits per heavy atom. The number of rotatable bonds is 12. The first-order valence-electron chi connectivity index (χ1n) is 21.3. The summed E-state index contributed by atoms with van der Waals surface area (Å²) >= 11 is 0. The van der Waals surface area contributed by atoms with E-state index in [4.69, 9.17) is 42.6 Å². The van der Waals surface area contributed by atoms with Crippen LogP contribution >= 0.6 is 0 Å². The maximum atomic E-state index is 14.5. The number of hydrogen-bond acceptors (Lipinski definition) is 15. The number of aliphatic hydroxyl groups excluding tert-OH is 2. The average molecular weight is 819 g/mol. The van der Waals surface area contributed by atoms with E-state index in [1.807, 2.05) is 39.8 Å². The van der Waals surface area contributed by atoms with Gasteiger partial charge in [0.1, 0.15) is 24.5 Å². The zero-order valence-electron chi connectivity index (χ0n) is 37.2. The largest absolute Gasteiger partial charge is 0.462 e. The van der Waals surface area contributed by atoms with Crippen LogP contribution in [-0.4, -0.2) is 165 Å². The smallest absolute Gasteiger partial charge is 0.311 e. The van der Waals surface area contributed by atoms with Crippen LogP contribution in [-0.2, 0) is 47.4 Å². The quantitative estimate of drug-likeness (QED) is 0.167. The monoisotopic (exact) mass is 819 g/mol. The molecule has 0 aliphatic carbocycles. The Hall–Kier alpha value is -1.05. The standard InChI is InChI=1S/C42H78N2O13/c1-15-30-24(4)35-25(5)33(43-31(55-35)21-51-17-16-49-13)22(2)19-41(9,48)38(57-40-34(45)29(44(11)12)18-23(3)52-40)26(6)36(27(7)39(47)54-30)56-32-20-42(10,50-14)37(46)28(8)53-32/h22-38,40,43,45-46,48H,15-21H2,1-14H3/t22-,23-,24+,25+,26+,27-,28+,29+,30?,31-,32+,33+,34-,35+,36?,37+,38-,40+,41-,42-/m1/s1. The minimum absolute atomic E-state index is 0.0388. The van der Waals surface area contributed by atoms with Gasteiger partial charge < -0.3 is 62.9 Å². The maximum absolute atomic E-state index is 14.5. The molecule has 0 amide bonds. The molecular formula is C42H78N2O13. The third-order valence-corrected chi connectivity index (χ3v) is 13.4. The first-order chi connectivity index (χ1) is 26.7. The van der Waals surface area contributed by atoms with Crippen LogP contribution in [0.3, 0.4) is 0 Å². The molecule has 334 valence electrons. The number of cyclic esters (lactones) is 1. The lowest BCUT2D eigenvalue weighted by Gasteiger charge is -2.51. The summed E-state index contributed by atoms with van der Waals surface area (Å²) in [6.45, 7) is 20.4. The van der Waals surface area contributed by atoms with Gasteiger partial charge in [-0.2, -0.15) is 0 Å². The van der Waals surface area contributed by atoms with E-state index in [2.05, 4.69) is 26.1 Å². The zero-order chi connectivity index (χ0) is 42.6. The third-order valence-electron chi connectivity index (χ3n) is 13.4. The molecule has 2 bridgehead atoms. The summed E-state index contributed by atoms with van der Waals surface area (Å²) in [5.74, 6) is -2.36. The minimum Gasteiger partial charge on any atom is -0.462 e. The van der Waals surface area contributed by atoms with Crippen LogP contribution < -0.4 is 5.32 Å². The van der Waals surface area contributed by atoms with Crippen LogP contribution in [0, 0.1) is 29.6 Å². The molecule has 4 aliphatic rings. The molecule has 0 spiro atoms. The summed E-state index contributed by atoms with van der Waals surface area (Å²) in [4.78, 5) is 16.4. The molecule has 0 aromatic carbocycles. The summed E-state index contributed by atoms with van der Waals surface area (Å²) in [5.41, 5.74) is -2.53.